The minimum Gasteiger partial charge on any atom is -0.477 e. The fourth-order valence-corrected chi connectivity index (χ4v) is 2.91. The van der Waals surface area contributed by atoms with Crippen LogP contribution in [0.15, 0.2) is 6.07 Å². The predicted molar refractivity (Wildman–Crippen MR) is 80.7 cm³/mol. The molecule has 0 saturated heterocycles. The van der Waals surface area contributed by atoms with Crippen LogP contribution in [0.1, 0.15) is 54.7 Å². The number of nitrogens with one attached hydrogen (secondary N) is 3. The van der Waals surface area contributed by atoms with Crippen molar-refractivity contribution >= 4 is 17.7 Å². The van der Waals surface area contributed by atoms with Gasteiger partial charge in [0.15, 0.2) is 0 Å². The van der Waals surface area contributed by atoms with Gasteiger partial charge in [-0.2, -0.15) is 0 Å². The molecule has 1 fully saturated rings. The van der Waals surface area contributed by atoms with Crippen LogP contribution in [-0.2, 0) is 0 Å². The molecule has 1 aromatic heterocycles. The second-order valence-electron chi connectivity index (χ2n) is 5.72. The number of rotatable bonds is 6. The highest BCUT2D eigenvalue weighted by molar-refractivity contribution is 5.99. The molecule has 6 heteroatoms. The Kier molecular flexibility index (Phi) is 5.25. The van der Waals surface area contributed by atoms with E-state index in [2.05, 4.69) is 15.6 Å². The summed E-state index contributed by atoms with van der Waals surface area (Å²) in [5.74, 6) is -0.263. The molecule has 1 aliphatic carbocycles. The molecule has 0 atom stereocenters. The number of carboxylic acid groups (broad SMARTS) is 1. The van der Waals surface area contributed by atoms with Crippen LogP contribution < -0.4 is 10.6 Å². The van der Waals surface area contributed by atoms with E-state index in [4.69, 9.17) is 5.11 Å². The van der Waals surface area contributed by atoms with E-state index in [1.807, 2.05) is 0 Å². The molecule has 2 amide bonds. The Balaban J connectivity index is 1.72. The maximum atomic E-state index is 11.8. The first-order valence-corrected chi connectivity index (χ1v) is 7.54. The van der Waals surface area contributed by atoms with Gasteiger partial charge in [0.1, 0.15) is 5.69 Å². The second-order valence-corrected chi connectivity index (χ2v) is 5.72. The van der Waals surface area contributed by atoms with Gasteiger partial charge in [-0.05, 0) is 31.7 Å². The summed E-state index contributed by atoms with van der Waals surface area (Å²) in [7, 11) is 0. The van der Waals surface area contributed by atoms with E-state index < -0.39 is 5.97 Å². The molecule has 21 heavy (non-hydrogen) atoms. The maximum Gasteiger partial charge on any atom is 0.354 e. The zero-order valence-electron chi connectivity index (χ0n) is 12.4. The number of carboxylic acids is 1. The van der Waals surface area contributed by atoms with Gasteiger partial charge >= 0.3 is 12.0 Å². The minimum atomic E-state index is -1.08. The molecule has 116 valence electrons. The normalized spacial score (nSPS) is 15.1. The third-order valence-corrected chi connectivity index (χ3v) is 3.96. The summed E-state index contributed by atoms with van der Waals surface area (Å²) in [5, 5.41) is 14.4. The summed E-state index contributed by atoms with van der Waals surface area (Å²) in [4.78, 5) is 25.5. The molecule has 0 aromatic carbocycles. The van der Waals surface area contributed by atoms with Crippen molar-refractivity contribution in [3.05, 3.63) is 17.5 Å². The van der Waals surface area contributed by atoms with E-state index in [-0.39, 0.29) is 11.7 Å². The fourth-order valence-electron chi connectivity index (χ4n) is 2.91. The van der Waals surface area contributed by atoms with E-state index in [9.17, 15) is 9.59 Å². The van der Waals surface area contributed by atoms with Gasteiger partial charge < -0.3 is 20.7 Å². The van der Waals surface area contributed by atoms with Crippen molar-refractivity contribution in [3.63, 3.8) is 0 Å². The van der Waals surface area contributed by atoms with E-state index >= 15 is 0 Å². The van der Waals surface area contributed by atoms with Crippen molar-refractivity contribution in [3.8, 4) is 0 Å². The molecular formula is C15H23N3O3. The van der Waals surface area contributed by atoms with Gasteiger partial charge in [0, 0.05) is 12.2 Å². The van der Waals surface area contributed by atoms with Gasteiger partial charge in [0.2, 0.25) is 0 Å². The summed E-state index contributed by atoms with van der Waals surface area (Å²) in [6, 6.07) is 1.25. The molecule has 1 aliphatic rings. The SMILES string of the molecule is Cc1cc(NC(=O)NCCCC2CCCC2)c(C(=O)O)[nH]1. The monoisotopic (exact) mass is 293 g/mol. The van der Waals surface area contributed by atoms with Crippen LogP contribution in [-0.4, -0.2) is 28.6 Å². The molecule has 1 saturated carbocycles. The standard InChI is InChI=1S/C15H23N3O3/c1-10-9-12(13(17-10)14(19)20)18-15(21)16-8-4-7-11-5-2-3-6-11/h9,11,17H,2-8H2,1H3,(H,19,20)(H2,16,18,21). The van der Waals surface area contributed by atoms with Crippen LogP contribution in [0.3, 0.4) is 0 Å². The molecule has 2 rings (SSSR count). The average Bonchev–Trinajstić information content (AvgIpc) is 3.04. The number of amides is 2. The Labute approximate surface area is 124 Å². The molecule has 0 aliphatic heterocycles. The van der Waals surface area contributed by atoms with Gasteiger partial charge in [0.25, 0.3) is 0 Å². The van der Waals surface area contributed by atoms with Crippen molar-refractivity contribution in [2.45, 2.75) is 45.4 Å². The largest absolute Gasteiger partial charge is 0.477 e. The fraction of sp³-hybridized carbons (Fsp3) is 0.600. The summed E-state index contributed by atoms with van der Waals surface area (Å²) in [6.45, 7) is 2.37. The number of urea groups is 1. The topological polar surface area (TPSA) is 94.2 Å². The quantitative estimate of drug-likeness (QED) is 0.607. The summed E-state index contributed by atoms with van der Waals surface area (Å²) < 4.78 is 0. The number of aromatic nitrogens is 1. The number of carbonyl (C=O) groups is 2. The number of hydrogen-bond donors (Lipinski definition) is 4. The van der Waals surface area contributed by atoms with Gasteiger partial charge in [-0.15, -0.1) is 0 Å². The van der Waals surface area contributed by atoms with E-state index in [1.165, 1.54) is 25.7 Å². The zero-order valence-corrected chi connectivity index (χ0v) is 12.4. The highest BCUT2D eigenvalue weighted by Gasteiger charge is 2.16. The average molecular weight is 293 g/mol. The van der Waals surface area contributed by atoms with Gasteiger partial charge in [0.05, 0.1) is 5.69 Å². The minimum absolute atomic E-state index is 0.00797. The molecule has 0 unspecified atom stereocenters. The molecule has 6 nitrogen and oxygen atoms in total. The zero-order chi connectivity index (χ0) is 15.2. The van der Waals surface area contributed by atoms with Crippen molar-refractivity contribution in [2.24, 2.45) is 5.92 Å². The summed E-state index contributed by atoms with van der Waals surface area (Å²) >= 11 is 0. The Bertz CT molecular complexity index is 504. The molecule has 0 bridgehead atoms. The lowest BCUT2D eigenvalue weighted by Gasteiger charge is -2.10. The highest BCUT2D eigenvalue weighted by Crippen LogP contribution is 2.28. The van der Waals surface area contributed by atoms with Crippen molar-refractivity contribution < 1.29 is 14.7 Å². The van der Waals surface area contributed by atoms with Gasteiger partial charge in [-0.3, -0.25) is 0 Å². The molecule has 0 spiro atoms. The number of anilines is 1. The lowest BCUT2D eigenvalue weighted by molar-refractivity contribution is 0.0692. The van der Waals surface area contributed by atoms with Crippen molar-refractivity contribution in [1.82, 2.24) is 10.3 Å². The number of hydrogen-bond acceptors (Lipinski definition) is 2. The molecule has 1 aromatic rings. The van der Waals surface area contributed by atoms with E-state index in [1.54, 1.807) is 13.0 Å². The number of H-pyrrole nitrogens is 1. The predicted octanol–water partition coefficient (Wildman–Crippen LogP) is 3.11. The smallest absolute Gasteiger partial charge is 0.354 e. The Morgan fingerprint density at radius 1 is 1.38 bits per heavy atom. The molecule has 1 heterocycles. The Morgan fingerprint density at radius 2 is 2.10 bits per heavy atom. The van der Waals surface area contributed by atoms with Crippen LogP contribution in [0, 0.1) is 12.8 Å². The molecule has 0 radical (unpaired) electrons. The number of carbonyl (C=O) groups excluding carboxylic acids is 1. The van der Waals surface area contributed by atoms with Crippen LogP contribution in [0.25, 0.3) is 0 Å². The van der Waals surface area contributed by atoms with Crippen LogP contribution in [0.4, 0.5) is 10.5 Å². The van der Waals surface area contributed by atoms with Crippen molar-refractivity contribution in [2.75, 3.05) is 11.9 Å². The third-order valence-electron chi connectivity index (χ3n) is 3.96. The first kappa shape index (κ1) is 15.4. The summed E-state index contributed by atoms with van der Waals surface area (Å²) in [5.41, 5.74) is 1.01. The number of aromatic amines is 1. The lowest BCUT2D eigenvalue weighted by Crippen LogP contribution is -2.30. The Morgan fingerprint density at radius 3 is 2.76 bits per heavy atom. The van der Waals surface area contributed by atoms with Gasteiger partial charge in [-0.1, -0.05) is 25.7 Å². The third kappa shape index (κ3) is 4.51. The lowest BCUT2D eigenvalue weighted by atomic mass is 10.0. The first-order valence-electron chi connectivity index (χ1n) is 7.54. The van der Waals surface area contributed by atoms with E-state index in [0.717, 1.165) is 18.8 Å². The van der Waals surface area contributed by atoms with E-state index in [0.29, 0.717) is 17.9 Å². The Hall–Kier alpha value is -1.98. The summed E-state index contributed by atoms with van der Waals surface area (Å²) in [6.07, 6.45) is 7.43. The maximum absolute atomic E-state index is 11.8. The molecule has 4 N–H and O–H groups in total. The second kappa shape index (κ2) is 7.15. The van der Waals surface area contributed by atoms with Crippen LogP contribution in [0.2, 0.25) is 0 Å². The number of aryl methyl sites for hydroxylation is 1. The molecular weight excluding hydrogens is 270 g/mol. The van der Waals surface area contributed by atoms with Crippen molar-refractivity contribution in [1.29, 1.82) is 0 Å². The van der Waals surface area contributed by atoms with Crippen LogP contribution in [0.5, 0.6) is 0 Å². The number of aromatic carboxylic acids is 1. The van der Waals surface area contributed by atoms with Crippen LogP contribution >= 0.6 is 0 Å². The first-order chi connectivity index (χ1) is 10.1. The van der Waals surface area contributed by atoms with Gasteiger partial charge in [-0.25, -0.2) is 9.59 Å². The highest BCUT2D eigenvalue weighted by atomic mass is 16.4.